The van der Waals surface area contributed by atoms with E-state index in [0.717, 1.165) is 25.7 Å². The highest BCUT2D eigenvalue weighted by Gasteiger charge is 2.62. The van der Waals surface area contributed by atoms with Crippen LogP contribution in [0.4, 0.5) is 0 Å². The zero-order valence-electron chi connectivity index (χ0n) is 19.7. The SMILES string of the molecule is CC(C)(C)[Si](C)(C)O[C@@H](C#C[C@@H]1[C@H]2CC3(OCCO3)[C@H]2CC[C@H]1O)Cc1ccccc1. The van der Waals surface area contributed by atoms with Crippen LogP contribution in [-0.2, 0) is 20.3 Å². The second kappa shape index (κ2) is 8.65. The standard InChI is InChI=1S/C26H38O4Si/c1-25(2,3)31(4,5)30-20(17-19-9-7-6-8-10-19)11-12-21-22-18-26(28-15-16-29-26)23(22)13-14-24(21)27/h6-10,20-24,27H,13-18H2,1-5H3/t20-,21+,22+,23-,24+/m0/s1. The largest absolute Gasteiger partial charge is 0.403 e. The first-order valence-electron chi connectivity index (χ1n) is 11.8. The maximum Gasteiger partial charge on any atom is 0.193 e. The van der Waals surface area contributed by atoms with Crippen LogP contribution in [0.2, 0.25) is 18.1 Å². The first-order valence-corrected chi connectivity index (χ1v) is 14.7. The lowest BCUT2D eigenvalue weighted by molar-refractivity contribution is -0.296. The summed E-state index contributed by atoms with van der Waals surface area (Å²) in [6, 6.07) is 10.4. The van der Waals surface area contributed by atoms with Crippen LogP contribution in [0.25, 0.3) is 0 Å². The minimum absolute atomic E-state index is 0.0292. The van der Waals surface area contributed by atoms with E-state index in [9.17, 15) is 5.11 Å². The fourth-order valence-corrected chi connectivity index (χ4v) is 6.30. The Kier molecular flexibility index (Phi) is 6.42. The molecule has 1 N–H and O–H groups in total. The molecule has 31 heavy (non-hydrogen) atoms. The molecule has 170 valence electrons. The van der Waals surface area contributed by atoms with Gasteiger partial charge in [-0.05, 0) is 42.5 Å². The lowest BCUT2D eigenvalue weighted by Gasteiger charge is -2.56. The van der Waals surface area contributed by atoms with Crippen LogP contribution in [0.15, 0.2) is 30.3 Å². The van der Waals surface area contributed by atoms with Crippen molar-refractivity contribution in [2.45, 2.75) is 82.6 Å². The van der Waals surface area contributed by atoms with E-state index in [-0.39, 0.29) is 23.2 Å². The van der Waals surface area contributed by atoms with Gasteiger partial charge in [-0.15, -0.1) is 0 Å². The maximum atomic E-state index is 10.8. The van der Waals surface area contributed by atoms with Gasteiger partial charge in [0, 0.05) is 24.7 Å². The smallest absolute Gasteiger partial charge is 0.193 e. The average molecular weight is 443 g/mol. The van der Waals surface area contributed by atoms with Gasteiger partial charge in [-0.2, -0.15) is 0 Å². The lowest BCUT2D eigenvalue weighted by atomic mass is 9.56. The van der Waals surface area contributed by atoms with Gasteiger partial charge in [0.2, 0.25) is 0 Å². The highest BCUT2D eigenvalue weighted by atomic mass is 28.4. The molecule has 1 spiro atoms. The molecular weight excluding hydrogens is 404 g/mol. The van der Waals surface area contributed by atoms with Crippen molar-refractivity contribution in [1.29, 1.82) is 0 Å². The van der Waals surface area contributed by atoms with E-state index in [2.05, 4.69) is 70.0 Å². The highest BCUT2D eigenvalue weighted by Crippen LogP contribution is 2.57. The van der Waals surface area contributed by atoms with Gasteiger partial charge in [-0.3, -0.25) is 0 Å². The average Bonchev–Trinajstić information content (AvgIpc) is 3.18. The summed E-state index contributed by atoms with van der Waals surface area (Å²) in [5, 5.41) is 10.9. The Hall–Kier alpha value is -1.16. The summed E-state index contributed by atoms with van der Waals surface area (Å²) in [7, 11) is -1.97. The molecule has 4 nitrogen and oxygen atoms in total. The van der Waals surface area contributed by atoms with E-state index in [1.54, 1.807) is 0 Å². The van der Waals surface area contributed by atoms with Crippen molar-refractivity contribution in [2.75, 3.05) is 13.2 Å². The van der Waals surface area contributed by atoms with Crippen molar-refractivity contribution in [3.8, 4) is 11.8 Å². The molecule has 0 radical (unpaired) electrons. The number of hydrogen-bond donors (Lipinski definition) is 1. The second-order valence-electron chi connectivity index (χ2n) is 11.0. The Morgan fingerprint density at radius 1 is 1.16 bits per heavy atom. The van der Waals surface area contributed by atoms with E-state index >= 15 is 0 Å². The van der Waals surface area contributed by atoms with Crippen molar-refractivity contribution in [1.82, 2.24) is 0 Å². The molecule has 0 amide bonds. The maximum absolute atomic E-state index is 10.8. The van der Waals surface area contributed by atoms with Crippen molar-refractivity contribution in [3.63, 3.8) is 0 Å². The predicted molar refractivity (Wildman–Crippen MR) is 125 cm³/mol. The normalized spacial score (nSPS) is 30.8. The van der Waals surface area contributed by atoms with Crippen LogP contribution in [-0.4, -0.2) is 44.6 Å². The number of fused-ring (bicyclic) bond motifs is 2. The molecule has 1 aromatic rings. The summed E-state index contributed by atoms with van der Waals surface area (Å²) in [4.78, 5) is 0. The number of aliphatic hydroxyl groups excluding tert-OH is 1. The van der Waals surface area contributed by atoms with Crippen molar-refractivity contribution in [2.24, 2.45) is 17.8 Å². The monoisotopic (exact) mass is 442 g/mol. The fourth-order valence-electron chi connectivity index (χ4n) is 5.09. The predicted octanol–water partition coefficient (Wildman–Crippen LogP) is 4.77. The van der Waals surface area contributed by atoms with E-state index < -0.39 is 14.1 Å². The summed E-state index contributed by atoms with van der Waals surface area (Å²) in [6.45, 7) is 12.7. The molecule has 4 rings (SSSR count). The second-order valence-corrected chi connectivity index (χ2v) is 15.8. The molecule has 1 heterocycles. The van der Waals surface area contributed by atoms with E-state index in [4.69, 9.17) is 13.9 Å². The Labute approximate surface area is 188 Å². The van der Waals surface area contributed by atoms with Crippen molar-refractivity contribution in [3.05, 3.63) is 35.9 Å². The van der Waals surface area contributed by atoms with Crippen LogP contribution in [0.3, 0.4) is 0 Å². The molecule has 0 aromatic heterocycles. The van der Waals surface area contributed by atoms with Gasteiger partial charge < -0.3 is 19.0 Å². The number of ether oxygens (including phenoxy) is 2. The Morgan fingerprint density at radius 2 is 1.84 bits per heavy atom. The van der Waals surface area contributed by atoms with E-state index in [0.29, 0.717) is 25.0 Å². The molecular formula is C26H38O4Si. The van der Waals surface area contributed by atoms with Crippen LogP contribution in [0.1, 0.15) is 45.6 Å². The molecule has 0 unspecified atom stereocenters. The minimum Gasteiger partial charge on any atom is -0.403 e. The molecule has 2 saturated carbocycles. The van der Waals surface area contributed by atoms with Gasteiger partial charge in [-0.1, -0.05) is 62.9 Å². The molecule has 2 aliphatic carbocycles. The van der Waals surface area contributed by atoms with E-state index in [1.807, 2.05) is 6.07 Å². The third kappa shape index (κ3) is 4.65. The van der Waals surface area contributed by atoms with Crippen molar-refractivity contribution >= 4 is 8.32 Å². The first-order chi connectivity index (χ1) is 14.6. The zero-order chi connectivity index (χ0) is 22.3. The molecule has 1 aromatic carbocycles. The highest BCUT2D eigenvalue weighted by molar-refractivity contribution is 6.74. The molecule has 1 saturated heterocycles. The topological polar surface area (TPSA) is 47.9 Å². The Morgan fingerprint density at radius 3 is 2.48 bits per heavy atom. The summed E-state index contributed by atoms with van der Waals surface area (Å²) in [5.41, 5.74) is 1.23. The molecule has 1 aliphatic heterocycles. The zero-order valence-corrected chi connectivity index (χ0v) is 20.7. The Bertz CT molecular complexity index is 813. The van der Waals surface area contributed by atoms with Crippen molar-refractivity contribution < 1.29 is 19.0 Å². The number of aliphatic hydroxyl groups is 1. The van der Waals surface area contributed by atoms with Gasteiger partial charge in [-0.25, -0.2) is 0 Å². The summed E-state index contributed by atoms with van der Waals surface area (Å²) in [6.07, 6.45) is 2.80. The van der Waals surface area contributed by atoms with Gasteiger partial charge in [0.15, 0.2) is 14.1 Å². The van der Waals surface area contributed by atoms with Crippen LogP contribution >= 0.6 is 0 Å². The van der Waals surface area contributed by atoms with Gasteiger partial charge in [0.05, 0.1) is 19.3 Å². The summed E-state index contributed by atoms with van der Waals surface area (Å²) in [5.74, 6) is 7.24. The molecule has 0 bridgehead atoms. The van der Waals surface area contributed by atoms with Gasteiger partial charge >= 0.3 is 0 Å². The van der Waals surface area contributed by atoms with Crippen LogP contribution in [0, 0.1) is 29.6 Å². The quantitative estimate of drug-likeness (QED) is 0.539. The fraction of sp³-hybridized carbons (Fsp3) is 0.692. The van der Waals surface area contributed by atoms with E-state index in [1.165, 1.54) is 5.56 Å². The van der Waals surface area contributed by atoms with Gasteiger partial charge in [0.1, 0.15) is 6.10 Å². The van der Waals surface area contributed by atoms with Crippen LogP contribution in [0.5, 0.6) is 0 Å². The number of hydrogen-bond acceptors (Lipinski definition) is 4. The van der Waals surface area contributed by atoms with Crippen LogP contribution < -0.4 is 0 Å². The number of benzene rings is 1. The third-order valence-corrected chi connectivity index (χ3v) is 12.4. The number of rotatable bonds is 4. The minimum atomic E-state index is -1.97. The molecule has 5 atom stereocenters. The molecule has 3 fully saturated rings. The summed E-state index contributed by atoms with van der Waals surface area (Å²) >= 11 is 0. The third-order valence-electron chi connectivity index (χ3n) is 7.95. The lowest BCUT2D eigenvalue weighted by Crippen LogP contribution is -2.60. The first kappa shape index (κ1) is 23.0. The van der Waals surface area contributed by atoms with Gasteiger partial charge in [0.25, 0.3) is 0 Å². The Balaban J connectivity index is 1.53. The molecule has 5 heteroatoms. The molecule has 3 aliphatic rings. The summed E-state index contributed by atoms with van der Waals surface area (Å²) < 4.78 is 18.7.